The van der Waals surface area contributed by atoms with Crippen molar-refractivity contribution < 1.29 is 13.2 Å². The fourth-order valence-electron chi connectivity index (χ4n) is 2.79. The highest BCUT2D eigenvalue weighted by molar-refractivity contribution is 5.82. The van der Waals surface area contributed by atoms with Crippen molar-refractivity contribution in [3.05, 3.63) is 35.4 Å². The third-order valence-electron chi connectivity index (χ3n) is 4.09. The van der Waals surface area contributed by atoms with E-state index in [9.17, 15) is 13.2 Å². The van der Waals surface area contributed by atoms with E-state index < -0.39 is 11.7 Å². The molecule has 1 unspecified atom stereocenters. The molecule has 1 aliphatic heterocycles. The topological polar surface area (TPSA) is 36.4 Å². The molecule has 2 aliphatic rings. The van der Waals surface area contributed by atoms with Crippen LogP contribution in [0, 0.1) is 0 Å². The van der Waals surface area contributed by atoms with Gasteiger partial charge in [0.25, 0.3) is 0 Å². The summed E-state index contributed by atoms with van der Waals surface area (Å²) in [5, 5.41) is 6.59. The first-order valence-corrected chi connectivity index (χ1v) is 7.16. The summed E-state index contributed by atoms with van der Waals surface area (Å²) in [5.41, 5.74) is 0.398. The summed E-state index contributed by atoms with van der Waals surface area (Å²) in [7, 11) is 0. The van der Waals surface area contributed by atoms with Crippen LogP contribution < -0.4 is 10.6 Å². The molecule has 0 radical (unpaired) electrons. The van der Waals surface area contributed by atoms with Gasteiger partial charge >= 0.3 is 6.18 Å². The number of hydrogen-bond donors (Lipinski definition) is 2. The Morgan fingerprint density at radius 2 is 1.86 bits per heavy atom. The Kier molecular flexibility index (Phi) is 3.55. The van der Waals surface area contributed by atoms with Crippen LogP contribution in [0.2, 0.25) is 0 Å². The third-order valence-corrected chi connectivity index (χ3v) is 4.09. The molecular formula is C15H18F3N3. The van der Waals surface area contributed by atoms with E-state index >= 15 is 0 Å². The van der Waals surface area contributed by atoms with E-state index in [4.69, 9.17) is 0 Å². The Balaban J connectivity index is 1.52. The van der Waals surface area contributed by atoms with Crippen LogP contribution in [0.5, 0.6) is 0 Å². The number of aliphatic imine (C=N–C) groups is 1. The van der Waals surface area contributed by atoms with E-state index in [1.54, 1.807) is 12.1 Å². The molecule has 0 aromatic heterocycles. The van der Waals surface area contributed by atoms with Crippen molar-refractivity contribution >= 4 is 5.96 Å². The maximum absolute atomic E-state index is 12.5. The van der Waals surface area contributed by atoms with Gasteiger partial charge in [-0.1, -0.05) is 12.1 Å². The molecule has 3 rings (SSSR count). The first-order chi connectivity index (χ1) is 9.91. The Morgan fingerprint density at radius 1 is 1.19 bits per heavy atom. The zero-order valence-corrected chi connectivity index (χ0v) is 11.7. The zero-order valence-electron chi connectivity index (χ0n) is 11.7. The van der Waals surface area contributed by atoms with Crippen LogP contribution in [-0.2, 0) is 6.18 Å². The van der Waals surface area contributed by atoms with E-state index in [0.29, 0.717) is 18.0 Å². The van der Waals surface area contributed by atoms with Crippen LogP contribution in [0.4, 0.5) is 13.2 Å². The highest BCUT2D eigenvalue weighted by atomic mass is 19.4. The third kappa shape index (κ3) is 3.14. The second-order valence-corrected chi connectivity index (χ2v) is 5.86. The minimum atomic E-state index is -4.26. The van der Waals surface area contributed by atoms with E-state index in [1.807, 2.05) is 0 Å². The summed E-state index contributed by atoms with van der Waals surface area (Å²) in [5.74, 6) is 1.18. The van der Waals surface area contributed by atoms with E-state index in [0.717, 1.165) is 30.9 Å². The van der Waals surface area contributed by atoms with Crippen molar-refractivity contribution in [2.45, 2.75) is 43.9 Å². The molecule has 2 N–H and O–H groups in total. The molecule has 0 saturated heterocycles. The van der Waals surface area contributed by atoms with Crippen LogP contribution in [0.3, 0.4) is 0 Å². The summed E-state index contributed by atoms with van der Waals surface area (Å²) < 4.78 is 37.5. The van der Waals surface area contributed by atoms with Gasteiger partial charge in [0.15, 0.2) is 5.96 Å². The fraction of sp³-hybridized carbons (Fsp3) is 0.533. The second-order valence-electron chi connectivity index (χ2n) is 5.86. The van der Waals surface area contributed by atoms with Crippen LogP contribution in [0.25, 0.3) is 0 Å². The maximum Gasteiger partial charge on any atom is 0.416 e. The SMILES string of the molecule is CC1CN=C(NC2CC(c3ccc(C(F)(F)F)cc3)C2)N1. The molecule has 1 atom stereocenters. The molecule has 0 bridgehead atoms. The Labute approximate surface area is 121 Å². The number of alkyl halides is 3. The molecule has 6 heteroatoms. The summed E-state index contributed by atoms with van der Waals surface area (Å²) in [6.07, 6.45) is -2.40. The van der Waals surface area contributed by atoms with E-state index in [1.165, 1.54) is 12.1 Å². The van der Waals surface area contributed by atoms with E-state index in [-0.39, 0.29) is 0 Å². The maximum atomic E-state index is 12.5. The lowest BCUT2D eigenvalue weighted by Crippen LogP contribution is -2.48. The minimum Gasteiger partial charge on any atom is -0.354 e. The Morgan fingerprint density at radius 3 is 2.38 bits per heavy atom. The van der Waals surface area contributed by atoms with Crippen molar-refractivity contribution in [1.82, 2.24) is 10.6 Å². The Hall–Kier alpha value is -1.72. The van der Waals surface area contributed by atoms with Crippen molar-refractivity contribution in [3.63, 3.8) is 0 Å². The number of benzene rings is 1. The zero-order chi connectivity index (χ0) is 15.0. The normalized spacial score (nSPS) is 28.6. The number of halogens is 3. The largest absolute Gasteiger partial charge is 0.416 e. The van der Waals surface area contributed by atoms with Crippen molar-refractivity contribution in [1.29, 1.82) is 0 Å². The lowest BCUT2D eigenvalue weighted by molar-refractivity contribution is -0.137. The molecule has 1 aromatic carbocycles. The number of hydrogen-bond acceptors (Lipinski definition) is 3. The first-order valence-electron chi connectivity index (χ1n) is 7.16. The molecule has 1 aromatic rings. The highest BCUT2D eigenvalue weighted by Gasteiger charge is 2.33. The van der Waals surface area contributed by atoms with Gasteiger partial charge in [0.1, 0.15) is 0 Å². The van der Waals surface area contributed by atoms with Gasteiger partial charge in [-0.05, 0) is 43.4 Å². The van der Waals surface area contributed by atoms with Crippen LogP contribution in [0.1, 0.15) is 36.8 Å². The van der Waals surface area contributed by atoms with Gasteiger partial charge < -0.3 is 10.6 Å². The summed E-state index contributed by atoms with van der Waals surface area (Å²) in [6.45, 7) is 2.86. The van der Waals surface area contributed by atoms with Gasteiger partial charge in [-0.15, -0.1) is 0 Å². The van der Waals surface area contributed by atoms with Crippen molar-refractivity contribution in [2.24, 2.45) is 4.99 Å². The van der Waals surface area contributed by atoms with Crippen LogP contribution in [0.15, 0.2) is 29.3 Å². The van der Waals surface area contributed by atoms with Gasteiger partial charge in [-0.25, -0.2) is 0 Å². The Bertz CT molecular complexity index is 530. The lowest BCUT2D eigenvalue weighted by Gasteiger charge is -2.36. The van der Waals surface area contributed by atoms with Crippen LogP contribution in [-0.4, -0.2) is 24.6 Å². The monoisotopic (exact) mass is 297 g/mol. The van der Waals surface area contributed by atoms with Crippen LogP contribution >= 0.6 is 0 Å². The summed E-state index contributed by atoms with van der Waals surface area (Å²) >= 11 is 0. The van der Waals surface area contributed by atoms with Gasteiger partial charge in [0, 0.05) is 12.1 Å². The molecule has 114 valence electrons. The van der Waals surface area contributed by atoms with Gasteiger partial charge in [-0.2, -0.15) is 13.2 Å². The molecule has 1 saturated carbocycles. The standard InChI is InChI=1S/C15H18F3N3/c1-9-8-19-14(20-9)21-13-6-11(7-13)10-2-4-12(5-3-10)15(16,17)18/h2-5,9,11,13H,6-8H2,1H3,(H2,19,20,21). The molecule has 1 aliphatic carbocycles. The number of nitrogens with one attached hydrogen (secondary N) is 2. The highest BCUT2D eigenvalue weighted by Crippen LogP contribution is 2.38. The summed E-state index contributed by atoms with van der Waals surface area (Å²) in [6, 6.07) is 6.25. The number of guanidine groups is 1. The molecule has 21 heavy (non-hydrogen) atoms. The average molecular weight is 297 g/mol. The van der Waals surface area contributed by atoms with E-state index in [2.05, 4.69) is 22.5 Å². The molecule has 0 amide bonds. The minimum absolute atomic E-state index is 0.337. The number of rotatable bonds is 2. The molecule has 0 spiro atoms. The molecule has 3 nitrogen and oxygen atoms in total. The first kappa shape index (κ1) is 14.2. The molecular weight excluding hydrogens is 279 g/mol. The van der Waals surface area contributed by atoms with Gasteiger partial charge in [0.2, 0.25) is 0 Å². The van der Waals surface area contributed by atoms with Gasteiger partial charge in [-0.3, -0.25) is 4.99 Å². The van der Waals surface area contributed by atoms with Gasteiger partial charge in [0.05, 0.1) is 12.1 Å². The predicted octanol–water partition coefficient (Wildman–Crippen LogP) is 2.89. The second kappa shape index (κ2) is 5.24. The smallest absolute Gasteiger partial charge is 0.354 e. The molecule has 1 fully saturated rings. The average Bonchev–Trinajstić information content (AvgIpc) is 2.78. The van der Waals surface area contributed by atoms with Crippen molar-refractivity contribution in [2.75, 3.05) is 6.54 Å². The quantitative estimate of drug-likeness (QED) is 0.880. The summed E-state index contributed by atoms with van der Waals surface area (Å²) in [4.78, 5) is 4.34. The lowest BCUT2D eigenvalue weighted by atomic mass is 9.76. The number of nitrogens with zero attached hydrogens (tertiary/aromatic N) is 1. The predicted molar refractivity (Wildman–Crippen MR) is 75.2 cm³/mol. The molecule has 1 heterocycles. The van der Waals surface area contributed by atoms with Crippen molar-refractivity contribution in [3.8, 4) is 0 Å². The fourth-order valence-corrected chi connectivity index (χ4v) is 2.79.